The number of rotatable bonds is 4. The van der Waals surface area contributed by atoms with Gasteiger partial charge in [0.1, 0.15) is 18.5 Å². The molecule has 110 valence electrons. The van der Waals surface area contributed by atoms with Crippen molar-refractivity contribution in [1.82, 2.24) is 0 Å². The first kappa shape index (κ1) is 13.7. The molecule has 0 radical (unpaired) electrons. The van der Waals surface area contributed by atoms with Crippen LogP contribution in [0.15, 0.2) is 48.5 Å². The number of hydrogen-bond acceptors (Lipinski definition) is 5. The minimum absolute atomic E-state index is 0.0925. The second-order valence-electron chi connectivity index (χ2n) is 4.97. The van der Waals surface area contributed by atoms with E-state index in [-0.39, 0.29) is 12.4 Å². The minimum Gasteiger partial charge on any atom is -0.491 e. The van der Waals surface area contributed by atoms with E-state index in [2.05, 4.69) is 0 Å². The Morgan fingerprint density at radius 2 is 1.57 bits per heavy atom. The van der Waals surface area contributed by atoms with Gasteiger partial charge in [0.15, 0.2) is 6.29 Å². The highest BCUT2D eigenvalue weighted by atomic mass is 16.7. The van der Waals surface area contributed by atoms with E-state index in [1.807, 2.05) is 36.4 Å². The van der Waals surface area contributed by atoms with Crippen molar-refractivity contribution in [2.45, 2.75) is 12.4 Å². The fraction of sp³-hybridized carbons (Fsp3) is 0.250. The Hall–Kier alpha value is -2.24. The van der Waals surface area contributed by atoms with Crippen LogP contribution in [0.5, 0.6) is 5.75 Å². The quantitative estimate of drug-likeness (QED) is 0.843. The van der Waals surface area contributed by atoms with E-state index < -0.39 is 0 Å². The molecule has 0 amide bonds. The average molecular weight is 286 g/mol. The zero-order valence-corrected chi connectivity index (χ0v) is 11.6. The molecule has 5 nitrogen and oxygen atoms in total. The van der Waals surface area contributed by atoms with Crippen LogP contribution in [-0.2, 0) is 9.47 Å². The third-order valence-corrected chi connectivity index (χ3v) is 3.27. The molecule has 21 heavy (non-hydrogen) atoms. The van der Waals surface area contributed by atoms with Crippen LogP contribution in [0.4, 0.5) is 11.4 Å². The molecular formula is C16H18N2O3. The summed E-state index contributed by atoms with van der Waals surface area (Å²) in [4.78, 5) is 0. The van der Waals surface area contributed by atoms with E-state index in [1.54, 1.807) is 12.1 Å². The van der Waals surface area contributed by atoms with Gasteiger partial charge in [-0.05, 0) is 36.4 Å². The van der Waals surface area contributed by atoms with Crippen molar-refractivity contribution in [1.29, 1.82) is 0 Å². The first-order valence-electron chi connectivity index (χ1n) is 6.81. The van der Waals surface area contributed by atoms with Crippen molar-refractivity contribution in [2.24, 2.45) is 0 Å². The Balaban J connectivity index is 1.52. The summed E-state index contributed by atoms with van der Waals surface area (Å²) < 4.78 is 17.1. The molecule has 2 aromatic rings. The maximum Gasteiger partial charge on any atom is 0.184 e. The molecule has 1 fully saturated rings. The van der Waals surface area contributed by atoms with Gasteiger partial charge < -0.3 is 25.7 Å². The molecule has 0 spiro atoms. The Morgan fingerprint density at radius 1 is 0.952 bits per heavy atom. The Labute approximate surface area is 123 Å². The Morgan fingerprint density at radius 3 is 2.24 bits per heavy atom. The summed E-state index contributed by atoms with van der Waals surface area (Å²) in [7, 11) is 0. The average Bonchev–Trinajstić information content (AvgIpc) is 2.96. The third-order valence-electron chi connectivity index (χ3n) is 3.27. The van der Waals surface area contributed by atoms with Gasteiger partial charge in [0.05, 0.1) is 6.61 Å². The highest BCUT2D eigenvalue weighted by Gasteiger charge is 2.27. The number of nitrogens with two attached hydrogens (primary N) is 2. The predicted octanol–water partition coefficient (Wildman–Crippen LogP) is 2.34. The molecule has 1 heterocycles. The lowest BCUT2D eigenvalue weighted by atomic mass is 10.2. The van der Waals surface area contributed by atoms with E-state index in [0.29, 0.717) is 18.9 Å². The number of ether oxygens (including phenoxy) is 3. The number of hydrogen-bond donors (Lipinski definition) is 2. The number of nitrogen functional groups attached to an aromatic ring is 2. The highest BCUT2D eigenvalue weighted by Crippen LogP contribution is 2.27. The molecule has 2 unspecified atom stereocenters. The van der Waals surface area contributed by atoms with E-state index in [9.17, 15) is 0 Å². The van der Waals surface area contributed by atoms with Crippen LogP contribution >= 0.6 is 0 Å². The maximum atomic E-state index is 5.82. The second-order valence-corrected chi connectivity index (χ2v) is 4.97. The van der Waals surface area contributed by atoms with Gasteiger partial charge >= 0.3 is 0 Å². The van der Waals surface area contributed by atoms with Crippen molar-refractivity contribution in [3.8, 4) is 5.75 Å². The molecule has 4 N–H and O–H groups in total. The van der Waals surface area contributed by atoms with Crippen molar-refractivity contribution >= 4 is 11.4 Å². The van der Waals surface area contributed by atoms with Gasteiger partial charge in [-0.25, -0.2) is 0 Å². The standard InChI is InChI=1S/C16H18N2O3/c17-12-3-1-11(2-4-12)16-20-10-15(21-16)9-19-14-7-5-13(18)6-8-14/h1-8,15-16H,9-10,17-18H2. The smallest absolute Gasteiger partial charge is 0.184 e. The first-order valence-corrected chi connectivity index (χ1v) is 6.81. The SMILES string of the molecule is Nc1ccc(OCC2COC(c3ccc(N)cc3)O2)cc1. The highest BCUT2D eigenvalue weighted by molar-refractivity contribution is 5.41. The van der Waals surface area contributed by atoms with Crippen molar-refractivity contribution < 1.29 is 14.2 Å². The van der Waals surface area contributed by atoms with Gasteiger partial charge in [0.2, 0.25) is 0 Å². The lowest BCUT2D eigenvalue weighted by Gasteiger charge is -2.13. The molecule has 0 aliphatic carbocycles. The monoisotopic (exact) mass is 286 g/mol. The van der Waals surface area contributed by atoms with Crippen LogP contribution in [0.2, 0.25) is 0 Å². The van der Waals surface area contributed by atoms with Gasteiger partial charge in [0, 0.05) is 16.9 Å². The van der Waals surface area contributed by atoms with E-state index in [4.69, 9.17) is 25.7 Å². The van der Waals surface area contributed by atoms with Crippen molar-refractivity contribution in [3.05, 3.63) is 54.1 Å². The van der Waals surface area contributed by atoms with E-state index in [0.717, 1.165) is 17.0 Å². The summed E-state index contributed by atoms with van der Waals surface area (Å²) in [5.41, 5.74) is 13.7. The third kappa shape index (κ3) is 3.45. The molecule has 2 aromatic carbocycles. The summed E-state index contributed by atoms with van der Waals surface area (Å²) in [6.07, 6.45) is -0.448. The second kappa shape index (κ2) is 6.03. The first-order chi connectivity index (χ1) is 10.2. The Kier molecular flexibility index (Phi) is 3.94. The predicted molar refractivity (Wildman–Crippen MR) is 80.8 cm³/mol. The van der Waals surface area contributed by atoms with Gasteiger partial charge in [-0.2, -0.15) is 0 Å². The summed E-state index contributed by atoms with van der Waals surface area (Å²) in [6.45, 7) is 0.944. The van der Waals surface area contributed by atoms with Gasteiger partial charge in [-0.3, -0.25) is 0 Å². The molecule has 3 rings (SSSR count). The lowest BCUT2D eigenvalue weighted by molar-refractivity contribution is -0.0659. The molecule has 0 bridgehead atoms. The topological polar surface area (TPSA) is 79.7 Å². The molecule has 0 aromatic heterocycles. The van der Waals surface area contributed by atoms with Crippen LogP contribution in [0.25, 0.3) is 0 Å². The van der Waals surface area contributed by atoms with Crippen molar-refractivity contribution in [2.75, 3.05) is 24.7 Å². The van der Waals surface area contributed by atoms with Crippen LogP contribution in [0.3, 0.4) is 0 Å². The number of anilines is 2. The normalized spacial score (nSPS) is 21.3. The van der Waals surface area contributed by atoms with E-state index in [1.165, 1.54) is 0 Å². The molecular weight excluding hydrogens is 268 g/mol. The molecule has 1 aliphatic heterocycles. The van der Waals surface area contributed by atoms with Gasteiger partial charge in [0.25, 0.3) is 0 Å². The maximum absolute atomic E-state index is 5.82. The summed E-state index contributed by atoms with van der Waals surface area (Å²) >= 11 is 0. The van der Waals surface area contributed by atoms with Crippen LogP contribution in [0.1, 0.15) is 11.9 Å². The molecule has 1 saturated heterocycles. The van der Waals surface area contributed by atoms with Gasteiger partial charge in [-0.1, -0.05) is 12.1 Å². The zero-order chi connectivity index (χ0) is 14.7. The van der Waals surface area contributed by atoms with Crippen LogP contribution in [0, 0.1) is 0 Å². The van der Waals surface area contributed by atoms with E-state index >= 15 is 0 Å². The Bertz CT molecular complexity index is 583. The molecule has 1 aliphatic rings. The molecule has 5 heteroatoms. The minimum atomic E-state index is -0.356. The summed E-state index contributed by atoms with van der Waals surface area (Å²) in [5, 5.41) is 0. The fourth-order valence-electron chi connectivity index (χ4n) is 2.12. The fourth-order valence-corrected chi connectivity index (χ4v) is 2.12. The largest absolute Gasteiger partial charge is 0.491 e. The van der Waals surface area contributed by atoms with Gasteiger partial charge in [-0.15, -0.1) is 0 Å². The summed E-state index contributed by atoms with van der Waals surface area (Å²) in [6, 6.07) is 14.8. The zero-order valence-electron chi connectivity index (χ0n) is 11.6. The van der Waals surface area contributed by atoms with Crippen LogP contribution in [-0.4, -0.2) is 19.3 Å². The lowest BCUT2D eigenvalue weighted by Crippen LogP contribution is -2.19. The molecule has 0 saturated carbocycles. The van der Waals surface area contributed by atoms with Crippen LogP contribution < -0.4 is 16.2 Å². The molecule has 2 atom stereocenters. The number of benzene rings is 2. The summed E-state index contributed by atoms with van der Waals surface area (Å²) in [5.74, 6) is 0.767. The van der Waals surface area contributed by atoms with Crippen molar-refractivity contribution in [3.63, 3.8) is 0 Å².